The molecule has 0 aliphatic heterocycles. The quantitative estimate of drug-likeness (QED) is 0.850. The van der Waals surface area contributed by atoms with Crippen molar-refractivity contribution in [3.8, 4) is 0 Å². The maximum absolute atomic E-state index is 11.5. The zero-order valence-corrected chi connectivity index (χ0v) is 12.2. The summed E-state index contributed by atoms with van der Waals surface area (Å²) in [5.41, 5.74) is 2.78. The van der Waals surface area contributed by atoms with Crippen molar-refractivity contribution in [3.63, 3.8) is 0 Å². The third kappa shape index (κ3) is 4.03. The molecule has 2 rings (SSSR count). The SMILES string of the molecule is CN(C)c1ccc(C(NCc2ccncc2)C(=O)O)cc1. The van der Waals surface area contributed by atoms with Gasteiger partial charge in [-0.2, -0.15) is 0 Å². The van der Waals surface area contributed by atoms with Crippen LogP contribution >= 0.6 is 0 Å². The number of aromatic nitrogens is 1. The third-order valence-electron chi connectivity index (χ3n) is 3.25. The summed E-state index contributed by atoms with van der Waals surface area (Å²) in [4.78, 5) is 17.4. The Labute approximate surface area is 124 Å². The maximum Gasteiger partial charge on any atom is 0.325 e. The first-order chi connectivity index (χ1) is 10.1. The third-order valence-corrected chi connectivity index (χ3v) is 3.25. The predicted octanol–water partition coefficient (Wildman–Crippen LogP) is 2.06. The van der Waals surface area contributed by atoms with Crippen molar-refractivity contribution in [1.29, 1.82) is 0 Å². The van der Waals surface area contributed by atoms with Gasteiger partial charge in [0.05, 0.1) is 0 Å². The summed E-state index contributed by atoms with van der Waals surface area (Å²) in [6.07, 6.45) is 3.39. The smallest absolute Gasteiger partial charge is 0.325 e. The molecule has 1 unspecified atom stereocenters. The largest absolute Gasteiger partial charge is 0.480 e. The average molecular weight is 285 g/mol. The molecule has 1 atom stereocenters. The van der Waals surface area contributed by atoms with Gasteiger partial charge in [0.2, 0.25) is 0 Å². The van der Waals surface area contributed by atoms with Crippen LogP contribution in [0.3, 0.4) is 0 Å². The number of pyridine rings is 1. The summed E-state index contributed by atoms with van der Waals surface area (Å²) >= 11 is 0. The Kier molecular flexibility index (Phi) is 4.90. The number of carboxylic acids is 1. The number of nitrogens with one attached hydrogen (secondary N) is 1. The minimum absolute atomic E-state index is 0.481. The zero-order chi connectivity index (χ0) is 15.2. The second kappa shape index (κ2) is 6.85. The first kappa shape index (κ1) is 15.0. The molecule has 0 radical (unpaired) electrons. The van der Waals surface area contributed by atoms with Crippen LogP contribution in [0, 0.1) is 0 Å². The summed E-state index contributed by atoms with van der Waals surface area (Å²) in [7, 11) is 3.90. The first-order valence-corrected chi connectivity index (χ1v) is 6.70. The highest BCUT2D eigenvalue weighted by Gasteiger charge is 2.19. The van der Waals surface area contributed by atoms with E-state index in [0.717, 1.165) is 16.8 Å². The summed E-state index contributed by atoms with van der Waals surface area (Å²) in [6, 6.07) is 10.5. The predicted molar refractivity (Wildman–Crippen MR) is 82.2 cm³/mol. The Morgan fingerprint density at radius 1 is 1.19 bits per heavy atom. The first-order valence-electron chi connectivity index (χ1n) is 6.70. The van der Waals surface area contributed by atoms with Gasteiger partial charge in [0, 0.05) is 38.7 Å². The highest BCUT2D eigenvalue weighted by Crippen LogP contribution is 2.18. The van der Waals surface area contributed by atoms with E-state index in [-0.39, 0.29) is 0 Å². The van der Waals surface area contributed by atoms with Crippen molar-refractivity contribution in [2.75, 3.05) is 19.0 Å². The molecule has 5 nitrogen and oxygen atoms in total. The van der Waals surface area contributed by atoms with Crippen LogP contribution in [0.25, 0.3) is 0 Å². The molecule has 0 aliphatic carbocycles. The van der Waals surface area contributed by atoms with E-state index in [1.807, 2.05) is 55.4 Å². The molecule has 2 N–H and O–H groups in total. The number of carboxylic acid groups (broad SMARTS) is 1. The monoisotopic (exact) mass is 285 g/mol. The summed E-state index contributed by atoms with van der Waals surface area (Å²) in [5, 5.41) is 12.5. The van der Waals surface area contributed by atoms with Crippen LogP contribution in [-0.4, -0.2) is 30.2 Å². The Morgan fingerprint density at radius 3 is 2.33 bits per heavy atom. The number of hydrogen-bond donors (Lipinski definition) is 2. The van der Waals surface area contributed by atoms with Gasteiger partial charge >= 0.3 is 5.97 Å². The molecule has 0 spiro atoms. The lowest BCUT2D eigenvalue weighted by molar-refractivity contribution is -0.139. The van der Waals surface area contributed by atoms with E-state index in [1.165, 1.54) is 0 Å². The minimum atomic E-state index is -0.887. The number of benzene rings is 1. The van der Waals surface area contributed by atoms with Crippen molar-refractivity contribution in [3.05, 3.63) is 59.9 Å². The molecule has 0 saturated heterocycles. The topological polar surface area (TPSA) is 65.5 Å². The molecule has 5 heteroatoms. The number of anilines is 1. The van der Waals surface area contributed by atoms with Crippen LogP contribution < -0.4 is 10.2 Å². The van der Waals surface area contributed by atoms with E-state index in [2.05, 4.69) is 10.3 Å². The van der Waals surface area contributed by atoms with Crippen LogP contribution in [0.1, 0.15) is 17.2 Å². The standard InChI is InChI=1S/C16H19N3O2/c1-19(2)14-5-3-13(4-6-14)15(16(20)21)18-11-12-7-9-17-10-8-12/h3-10,15,18H,11H2,1-2H3,(H,20,21). The molecule has 0 bridgehead atoms. The van der Waals surface area contributed by atoms with Gasteiger partial charge in [-0.3, -0.25) is 15.1 Å². The van der Waals surface area contributed by atoms with Crippen molar-refractivity contribution in [2.45, 2.75) is 12.6 Å². The highest BCUT2D eigenvalue weighted by atomic mass is 16.4. The van der Waals surface area contributed by atoms with Gasteiger partial charge in [0.25, 0.3) is 0 Å². The zero-order valence-electron chi connectivity index (χ0n) is 12.2. The van der Waals surface area contributed by atoms with Crippen LogP contribution in [0.4, 0.5) is 5.69 Å². The lowest BCUT2D eigenvalue weighted by Crippen LogP contribution is -2.28. The molecule has 0 fully saturated rings. The molecule has 0 aliphatic rings. The van der Waals surface area contributed by atoms with Gasteiger partial charge in [-0.05, 0) is 35.4 Å². The average Bonchev–Trinajstić information content (AvgIpc) is 2.48. The number of nitrogens with zero attached hydrogens (tertiary/aromatic N) is 2. The fourth-order valence-corrected chi connectivity index (χ4v) is 2.03. The number of carbonyl (C=O) groups is 1. The van der Waals surface area contributed by atoms with Crippen LogP contribution in [0.15, 0.2) is 48.8 Å². The van der Waals surface area contributed by atoms with Gasteiger partial charge in [-0.1, -0.05) is 12.1 Å². The second-order valence-corrected chi connectivity index (χ2v) is 4.99. The van der Waals surface area contributed by atoms with E-state index in [1.54, 1.807) is 12.4 Å². The molecular formula is C16H19N3O2. The molecule has 0 amide bonds. The molecular weight excluding hydrogens is 266 g/mol. The van der Waals surface area contributed by atoms with Crippen LogP contribution in [0.2, 0.25) is 0 Å². The molecule has 21 heavy (non-hydrogen) atoms. The maximum atomic E-state index is 11.5. The highest BCUT2D eigenvalue weighted by molar-refractivity contribution is 5.75. The number of hydrogen-bond acceptors (Lipinski definition) is 4. The lowest BCUT2D eigenvalue weighted by atomic mass is 10.1. The van der Waals surface area contributed by atoms with Crippen molar-refractivity contribution >= 4 is 11.7 Å². The second-order valence-electron chi connectivity index (χ2n) is 4.99. The Balaban J connectivity index is 2.10. The van der Waals surface area contributed by atoms with Crippen LogP contribution in [-0.2, 0) is 11.3 Å². The van der Waals surface area contributed by atoms with E-state index in [0.29, 0.717) is 6.54 Å². The van der Waals surface area contributed by atoms with E-state index >= 15 is 0 Å². The van der Waals surface area contributed by atoms with E-state index in [4.69, 9.17) is 0 Å². The van der Waals surface area contributed by atoms with Gasteiger partial charge < -0.3 is 10.0 Å². The fraction of sp³-hybridized carbons (Fsp3) is 0.250. The van der Waals surface area contributed by atoms with E-state index < -0.39 is 12.0 Å². The van der Waals surface area contributed by atoms with E-state index in [9.17, 15) is 9.90 Å². The lowest BCUT2D eigenvalue weighted by Gasteiger charge is -2.17. The van der Waals surface area contributed by atoms with Crippen molar-refractivity contribution in [2.24, 2.45) is 0 Å². The fourth-order valence-electron chi connectivity index (χ4n) is 2.03. The summed E-state index contributed by atoms with van der Waals surface area (Å²) in [5.74, 6) is -0.887. The normalized spacial score (nSPS) is 11.9. The minimum Gasteiger partial charge on any atom is -0.480 e. The molecule has 1 heterocycles. The van der Waals surface area contributed by atoms with Crippen molar-refractivity contribution in [1.82, 2.24) is 10.3 Å². The molecule has 2 aromatic rings. The Bertz CT molecular complexity index is 582. The summed E-state index contributed by atoms with van der Waals surface area (Å²) in [6.45, 7) is 0.481. The molecule has 1 aromatic heterocycles. The molecule has 1 aromatic carbocycles. The number of aliphatic carboxylic acids is 1. The Hall–Kier alpha value is -2.40. The van der Waals surface area contributed by atoms with Gasteiger partial charge in [-0.15, -0.1) is 0 Å². The summed E-state index contributed by atoms with van der Waals surface area (Å²) < 4.78 is 0. The molecule has 110 valence electrons. The van der Waals surface area contributed by atoms with Gasteiger partial charge in [0.1, 0.15) is 6.04 Å². The van der Waals surface area contributed by atoms with Crippen molar-refractivity contribution < 1.29 is 9.90 Å². The molecule has 0 saturated carbocycles. The van der Waals surface area contributed by atoms with Crippen LogP contribution in [0.5, 0.6) is 0 Å². The van der Waals surface area contributed by atoms with Gasteiger partial charge in [0.15, 0.2) is 0 Å². The number of rotatable bonds is 6. The van der Waals surface area contributed by atoms with Gasteiger partial charge in [-0.25, -0.2) is 0 Å². The Morgan fingerprint density at radius 2 is 1.81 bits per heavy atom.